The first kappa shape index (κ1) is 20.0. The number of carbonyl (C=O) groups is 1. The lowest BCUT2D eigenvalue weighted by Crippen LogP contribution is -2.25. The van der Waals surface area contributed by atoms with Gasteiger partial charge in [0.05, 0.1) is 0 Å². The standard InChI is InChI=1S/C17H21NO3S.C2H6/c1-12-5-7-14(22-12)3-2-4-17(21)18-10-9-13-6-8-15(19)16(20)11-13;1-2/h5-8,11,19-20H,2-4,9-10H2,1H3,(H,18,21);1-2H3. The summed E-state index contributed by atoms with van der Waals surface area (Å²) >= 11 is 1.78. The van der Waals surface area contributed by atoms with E-state index in [2.05, 4.69) is 24.4 Å². The van der Waals surface area contributed by atoms with Crippen LogP contribution >= 0.6 is 11.3 Å². The molecule has 2 aromatic rings. The lowest BCUT2D eigenvalue weighted by atomic mass is 10.1. The molecule has 0 aliphatic rings. The molecule has 0 saturated carbocycles. The summed E-state index contributed by atoms with van der Waals surface area (Å²) in [7, 11) is 0. The van der Waals surface area contributed by atoms with E-state index in [0.717, 1.165) is 18.4 Å². The highest BCUT2D eigenvalue weighted by Crippen LogP contribution is 2.24. The van der Waals surface area contributed by atoms with Crippen molar-refractivity contribution in [3.05, 3.63) is 45.6 Å². The monoisotopic (exact) mass is 349 g/mol. The molecule has 1 aromatic carbocycles. The molecule has 0 atom stereocenters. The third kappa shape index (κ3) is 7.04. The Kier molecular flexibility index (Phi) is 8.94. The summed E-state index contributed by atoms with van der Waals surface area (Å²) < 4.78 is 0. The number of rotatable bonds is 7. The maximum Gasteiger partial charge on any atom is 0.220 e. The molecule has 2 rings (SSSR count). The predicted octanol–water partition coefficient (Wildman–Crippen LogP) is 4.18. The third-order valence-corrected chi connectivity index (χ3v) is 4.46. The highest BCUT2D eigenvalue weighted by Gasteiger charge is 2.04. The molecular formula is C19H27NO3S. The van der Waals surface area contributed by atoms with E-state index in [1.54, 1.807) is 17.4 Å². The second-order valence-corrected chi connectivity index (χ2v) is 6.66. The van der Waals surface area contributed by atoms with Crippen molar-refractivity contribution in [3.63, 3.8) is 0 Å². The molecule has 0 bridgehead atoms. The van der Waals surface area contributed by atoms with Crippen LogP contribution in [0, 0.1) is 6.92 Å². The van der Waals surface area contributed by atoms with Gasteiger partial charge in [0.25, 0.3) is 0 Å². The largest absolute Gasteiger partial charge is 0.504 e. The lowest BCUT2D eigenvalue weighted by Gasteiger charge is -2.06. The number of hydrogen-bond donors (Lipinski definition) is 3. The number of thiophene rings is 1. The first-order valence-corrected chi connectivity index (χ1v) is 9.19. The van der Waals surface area contributed by atoms with Crippen molar-refractivity contribution in [1.82, 2.24) is 5.32 Å². The highest BCUT2D eigenvalue weighted by atomic mass is 32.1. The van der Waals surface area contributed by atoms with Crippen LogP contribution in [-0.4, -0.2) is 22.7 Å². The minimum Gasteiger partial charge on any atom is -0.504 e. The van der Waals surface area contributed by atoms with E-state index >= 15 is 0 Å². The summed E-state index contributed by atoms with van der Waals surface area (Å²) in [5.41, 5.74) is 0.879. The molecular weight excluding hydrogens is 322 g/mol. The molecule has 0 radical (unpaired) electrons. The normalized spacial score (nSPS) is 9.96. The molecule has 0 fully saturated rings. The fraction of sp³-hybridized carbons (Fsp3) is 0.421. The lowest BCUT2D eigenvalue weighted by molar-refractivity contribution is -0.121. The molecule has 5 heteroatoms. The Labute approximate surface area is 148 Å². The summed E-state index contributed by atoms with van der Waals surface area (Å²) in [5.74, 6) is -0.206. The van der Waals surface area contributed by atoms with Crippen LogP contribution in [-0.2, 0) is 17.6 Å². The van der Waals surface area contributed by atoms with Gasteiger partial charge >= 0.3 is 0 Å². The van der Waals surface area contributed by atoms with E-state index in [9.17, 15) is 15.0 Å². The van der Waals surface area contributed by atoms with Gasteiger partial charge in [0.2, 0.25) is 5.91 Å². The maximum atomic E-state index is 11.8. The van der Waals surface area contributed by atoms with Crippen molar-refractivity contribution in [3.8, 4) is 11.5 Å². The van der Waals surface area contributed by atoms with Crippen molar-refractivity contribution in [2.75, 3.05) is 6.54 Å². The summed E-state index contributed by atoms with van der Waals surface area (Å²) in [4.78, 5) is 14.4. The van der Waals surface area contributed by atoms with Crippen LogP contribution in [0.3, 0.4) is 0 Å². The van der Waals surface area contributed by atoms with E-state index in [-0.39, 0.29) is 17.4 Å². The SMILES string of the molecule is CC.Cc1ccc(CCCC(=O)NCCc2ccc(O)c(O)c2)s1. The van der Waals surface area contributed by atoms with E-state index in [1.807, 2.05) is 13.8 Å². The number of phenolic OH excluding ortho intramolecular Hbond substituents is 2. The maximum absolute atomic E-state index is 11.8. The Morgan fingerprint density at radius 3 is 2.46 bits per heavy atom. The Balaban J connectivity index is 0.00000139. The van der Waals surface area contributed by atoms with Gasteiger partial charge in [-0.1, -0.05) is 19.9 Å². The van der Waals surface area contributed by atoms with Crippen molar-refractivity contribution >= 4 is 17.2 Å². The van der Waals surface area contributed by atoms with Crippen molar-refractivity contribution in [2.45, 2.75) is 46.5 Å². The number of nitrogens with one attached hydrogen (secondary N) is 1. The van der Waals surface area contributed by atoms with Gasteiger partial charge < -0.3 is 15.5 Å². The predicted molar refractivity (Wildman–Crippen MR) is 99.8 cm³/mol. The molecule has 0 spiro atoms. The molecule has 1 amide bonds. The van der Waals surface area contributed by atoms with Gasteiger partial charge in [-0.25, -0.2) is 0 Å². The van der Waals surface area contributed by atoms with Gasteiger partial charge in [-0.05, 0) is 56.0 Å². The van der Waals surface area contributed by atoms with Crippen LogP contribution in [0.15, 0.2) is 30.3 Å². The van der Waals surface area contributed by atoms with Crippen molar-refractivity contribution < 1.29 is 15.0 Å². The van der Waals surface area contributed by atoms with Gasteiger partial charge in [-0.2, -0.15) is 0 Å². The van der Waals surface area contributed by atoms with Crippen molar-refractivity contribution in [2.24, 2.45) is 0 Å². The van der Waals surface area contributed by atoms with Crippen LogP contribution in [0.2, 0.25) is 0 Å². The van der Waals surface area contributed by atoms with Crippen LogP contribution in [0.4, 0.5) is 0 Å². The zero-order valence-corrected chi connectivity index (χ0v) is 15.4. The smallest absolute Gasteiger partial charge is 0.220 e. The summed E-state index contributed by atoms with van der Waals surface area (Å²) in [6.45, 7) is 6.61. The minimum atomic E-state index is -0.130. The Hall–Kier alpha value is -2.01. The van der Waals surface area contributed by atoms with E-state index in [1.165, 1.54) is 21.9 Å². The van der Waals surface area contributed by atoms with Crippen molar-refractivity contribution in [1.29, 1.82) is 0 Å². The molecule has 0 unspecified atom stereocenters. The van der Waals surface area contributed by atoms with Crippen LogP contribution in [0.1, 0.15) is 42.0 Å². The molecule has 132 valence electrons. The quantitative estimate of drug-likeness (QED) is 0.657. The summed E-state index contributed by atoms with van der Waals surface area (Å²) in [6.07, 6.45) is 2.95. The summed E-state index contributed by atoms with van der Waals surface area (Å²) in [6, 6.07) is 8.93. The number of amides is 1. The molecule has 0 aliphatic heterocycles. The summed E-state index contributed by atoms with van der Waals surface area (Å²) in [5, 5.41) is 21.5. The van der Waals surface area contributed by atoms with Gasteiger partial charge in [-0.3, -0.25) is 4.79 Å². The molecule has 4 nitrogen and oxygen atoms in total. The average Bonchev–Trinajstić information content (AvgIpc) is 2.98. The zero-order valence-electron chi connectivity index (χ0n) is 14.6. The molecule has 0 aliphatic carbocycles. The Bertz CT molecular complexity index is 637. The van der Waals surface area contributed by atoms with E-state index in [4.69, 9.17) is 0 Å². The fourth-order valence-corrected chi connectivity index (χ4v) is 3.13. The number of carbonyl (C=O) groups excluding carboxylic acids is 1. The van der Waals surface area contributed by atoms with E-state index in [0.29, 0.717) is 19.4 Å². The Morgan fingerprint density at radius 2 is 1.83 bits per heavy atom. The highest BCUT2D eigenvalue weighted by molar-refractivity contribution is 7.11. The fourth-order valence-electron chi connectivity index (χ4n) is 2.20. The van der Waals surface area contributed by atoms with Crippen LogP contribution < -0.4 is 5.32 Å². The topological polar surface area (TPSA) is 69.6 Å². The second-order valence-electron chi connectivity index (χ2n) is 5.29. The molecule has 24 heavy (non-hydrogen) atoms. The third-order valence-electron chi connectivity index (χ3n) is 3.40. The van der Waals surface area contributed by atoms with Crippen LogP contribution in [0.5, 0.6) is 11.5 Å². The van der Waals surface area contributed by atoms with Gasteiger partial charge in [-0.15, -0.1) is 11.3 Å². The van der Waals surface area contributed by atoms with Crippen LogP contribution in [0.25, 0.3) is 0 Å². The first-order chi connectivity index (χ1) is 11.5. The second kappa shape index (κ2) is 10.7. The number of hydrogen-bond acceptors (Lipinski definition) is 4. The Morgan fingerprint density at radius 1 is 1.08 bits per heavy atom. The zero-order chi connectivity index (χ0) is 17.9. The molecule has 1 heterocycles. The number of phenols is 2. The van der Waals surface area contributed by atoms with Gasteiger partial charge in [0, 0.05) is 22.7 Å². The average molecular weight is 349 g/mol. The number of aryl methyl sites for hydroxylation is 2. The molecule has 1 aromatic heterocycles. The molecule has 0 saturated heterocycles. The first-order valence-electron chi connectivity index (χ1n) is 8.37. The van der Waals surface area contributed by atoms with E-state index < -0.39 is 0 Å². The minimum absolute atomic E-state index is 0.0521. The van der Waals surface area contributed by atoms with Gasteiger partial charge in [0.1, 0.15) is 0 Å². The molecule has 3 N–H and O–H groups in total. The number of aromatic hydroxyl groups is 2. The van der Waals surface area contributed by atoms with Gasteiger partial charge in [0.15, 0.2) is 11.5 Å². The number of benzene rings is 1.